The van der Waals surface area contributed by atoms with Crippen molar-refractivity contribution in [3.63, 3.8) is 0 Å². The molecule has 0 unspecified atom stereocenters. The van der Waals surface area contributed by atoms with Gasteiger partial charge in [-0.05, 0) is 63.0 Å². The topological polar surface area (TPSA) is 53.6 Å². The highest BCUT2D eigenvalue weighted by atomic mass is 19.3. The molecule has 1 fully saturated rings. The molecular formula is C17H25F2N3O2. The molecule has 1 heterocycles. The highest BCUT2D eigenvalue weighted by Gasteiger charge is 2.16. The van der Waals surface area contributed by atoms with E-state index >= 15 is 0 Å². The summed E-state index contributed by atoms with van der Waals surface area (Å²) < 4.78 is 28.4. The zero-order valence-electron chi connectivity index (χ0n) is 13.9. The number of carbonyl (C=O) groups excluding carboxylic acids is 1. The molecule has 134 valence electrons. The summed E-state index contributed by atoms with van der Waals surface area (Å²) >= 11 is 0. The van der Waals surface area contributed by atoms with E-state index in [0.29, 0.717) is 25.4 Å². The quantitative estimate of drug-likeness (QED) is 0.801. The van der Waals surface area contributed by atoms with E-state index in [-0.39, 0.29) is 11.8 Å². The molecule has 0 aliphatic carbocycles. The van der Waals surface area contributed by atoms with E-state index in [1.165, 1.54) is 12.1 Å². The highest BCUT2D eigenvalue weighted by Crippen LogP contribution is 2.15. The predicted molar refractivity (Wildman–Crippen MR) is 88.4 cm³/mol. The number of ether oxygens (including phenoxy) is 1. The van der Waals surface area contributed by atoms with Crippen molar-refractivity contribution >= 4 is 6.03 Å². The number of piperidine rings is 1. The van der Waals surface area contributed by atoms with Crippen LogP contribution in [-0.2, 0) is 6.42 Å². The first-order chi connectivity index (χ1) is 11.5. The molecular weight excluding hydrogens is 316 g/mol. The molecule has 0 bridgehead atoms. The molecule has 0 saturated carbocycles. The summed E-state index contributed by atoms with van der Waals surface area (Å²) in [5.74, 6) is 0.687. The molecule has 0 radical (unpaired) electrons. The van der Waals surface area contributed by atoms with E-state index in [9.17, 15) is 13.6 Å². The maximum atomic E-state index is 12.1. The lowest BCUT2D eigenvalue weighted by molar-refractivity contribution is -0.0498. The maximum absolute atomic E-state index is 12.1. The SMILES string of the molecule is CN1CCC(CNC(=O)NCCc2ccc(OC(F)F)cc2)CC1. The predicted octanol–water partition coefficient (Wildman–Crippen LogP) is 2.47. The van der Waals surface area contributed by atoms with Crippen LogP contribution in [0.25, 0.3) is 0 Å². The zero-order valence-corrected chi connectivity index (χ0v) is 13.9. The van der Waals surface area contributed by atoms with Gasteiger partial charge in [0.2, 0.25) is 0 Å². The van der Waals surface area contributed by atoms with Crippen molar-refractivity contribution < 1.29 is 18.3 Å². The minimum absolute atomic E-state index is 0.137. The fourth-order valence-corrected chi connectivity index (χ4v) is 2.72. The summed E-state index contributed by atoms with van der Waals surface area (Å²) in [5.41, 5.74) is 0.951. The summed E-state index contributed by atoms with van der Waals surface area (Å²) in [7, 11) is 2.11. The van der Waals surface area contributed by atoms with Crippen LogP contribution in [0.5, 0.6) is 5.75 Å². The Morgan fingerprint density at radius 1 is 1.25 bits per heavy atom. The fourth-order valence-electron chi connectivity index (χ4n) is 2.72. The highest BCUT2D eigenvalue weighted by molar-refractivity contribution is 5.73. The monoisotopic (exact) mass is 341 g/mol. The number of amides is 2. The third-order valence-corrected chi connectivity index (χ3v) is 4.24. The Balaban J connectivity index is 1.60. The Hall–Kier alpha value is -1.89. The van der Waals surface area contributed by atoms with Crippen molar-refractivity contribution in [3.8, 4) is 5.75 Å². The van der Waals surface area contributed by atoms with Gasteiger partial charge in [0.15, 0.2) is 0 Å². The third-order valence-electron chi connectivity index (χ3n) is 4.24. The van der Waals surface area contributed by atoms with Crippen molar-refractivity contribution in [2.24, 2.45) is 5.92 Å². The molecule has 1 aromatic rings. The number of urea groups is 1. The maximum Gasteiger partial charge on any atom is 0.387 e. The summed E-state index contributed by atoms with van der Waals surface area (Å²) in [6.45, 7) is 0.553. The lowest BCUT2D eigenvalue weighted by Gasteiger charge is -2.28. The molecule has 0 atom stereocenters. The van der Waals surface area contributed by atoms with E-state index in [4.69, 9.17) is 0 Å². The van der Waals surface area contributed by atoms with Gasteiger partial charge in [-0.1, -0.05) is 12.1 Å². The number of carbonyl (C=O) groups is 1. The molecule has 5 nitrogen and oxygen atoms in total. The standard InChI is InChI=1S/C17H25F2N3O2/c1-22-10-7-14(8-11-22)12-21-17(23)20-9-6-13-2-4-15(5-3-13)24-16(18)19/h2-5,14,16H,6-12H2,1H3,(H2,20,21,23). The van der Waals surface area contributed by atoms with Crippen molar-refractivity contribution in [1.82, 2.24) is 15.5 Å². The van der Waals surface area contributed by atoms with Gasteiger partial charge in [0.1, 0.15) is 5.75 Å². The number of halogens is 2. The van der Waals surface area contributed by atoms with Gasteiger partial charge in [-0.3, -0.25) is 0 Å². The van der Waals surface area contributed by atoms with Gasteiger partial charge in [0.05, 0.1) is 0 Å². The van der Waals surface area contributed by atoms with Crippen LogP contribution in [0.1, 0.15) is 18.4 Å². The second-order valence-corrected chi connectivity index (χ2v) is 6.16. The first-order valence-corrected chi connectivity index (χ1v) is 8.27. The fraction of sp³-hybridized carbons (Fsp3) is 0.588. The van der Waals surface area contributed by atoms with Gasteiger partial charge in [0.25, 0.3) is 0 Å². The number of alkyl halides is 2. The summed E-state index contributed by atoms with van der Waals surface area (Å²) in [6, 6.07) is 6.28. The van der Waals surface area contributed by atoms with Crippen LogP contribution in [0.15, 0.2) is 24.3 Å². The van der Waals surface area contributed by atoms with Crippen LogP contribution < -0.4 is 15.4 Å². The lowest BCUT2D eigenvalue weighted by atomic mass is 9.97. The Kier molecular flexibility index (Phi) is 7.24. The van der Waals surface area contributed by atoms with Crippen LogP contribution in [0.4, 0.5) is 13.6 Å². The first-order valence-electron chi connectivity index (χ1n) is 8.27. The molecule has 1 aliphatic rings. The Labute approximate surface area is 141 Å². The van der Waals surface area contributed by atoms with Crippen LogP contribution in [0.2, 0.25) is 0 Å². The molecule has 1 aromatic carbocycles. The van der Waals surface area contributed by atoms with Gasteiger partial charge in [-0.2, -0.15) is 8.78 Å². The van der Waals surface area contributed by atoms with Gasteiger partial charge < -0.3 is 20.3 Å². The number of benzene rings is 1. The van der Waals surface area contributed by atoms with Gasteiger partial charge in [-0.25, -0.2) is 4.79 Å². The second-order valence-electron chi connectivity index (χ2n) is 6.16. The zero-order chi connectivity index (χ0) is 17.4. The van der Waals surface area contributed by atoms with Crippen LogP contribution in [-0.4, -0.2) is 50.8 Å². The lowest BCUT2D eigenvalue weighted by Crippen LogP contribution is -2.41. The number of nitrogens with one attached hydrogen (secondary N) is 2. The average molecular weight is 341 g/mol. The third kappa shape index (κ3) is 6.70. The molecule has 0 spiro atoms. The van der Waals surface area contributed by atoms with E-state index < -0.39 is 6.61 Å². The van der Waals surface area contributed by atoms with Crippen LogP contribution in [0, 0.1) is 5.92 Å². The molecule has 0 aromatic heterocycles. The summed E-state index contributed by atoms with van der Waals surface area (Å²) in [4.78, 5) is 14.1. The summed E-state index contributed by atoms with van der Waals surface area (Å²) in [5, 5.41) is 5.73. The van der Waals surface area contributed by atoms with Gasteiger partial charge in [0, 0.05) is 13.1 Å². The summed E-state index contributed by atoms with van der Waals surface area (Å²) in [6.07, 6.45) is 2.87. The molecule has 1 saturated heterocycles. The van der Waals surface area contributed by atoms with E-state index in [1.807, 2.05) is 0 Å². The van der Waals surface area contributed by atoms with Crippen LogP contribution >= 0.6 is 0 Å². The Bertz CT molecular complexity index is 503. The van der Waals surface area contributed by atoms with Crippen molar-refractivity contribution in [2.75, 3.05) is 33.2 Å². The Morgan fingerprint density at radius 2 is 1.92 bits per heavy atom. The smallest absolute Gasteiger partial charge is 0.387 e. The van der Waals surface area contributed by atoms with Crippen molar-refractivity contribution in [1.29, 1.82) is 0 Å². The molecule has 24 heavy (non-hydrogen) atoms. The normalized spacial score (nSPS) is 16.2. The van der Waals surface area contributed by atoms with Gasteiger partial charge >= 0.3 is 12.6 Å². The van der Waals surface area contributed by atoms with E-state index in [1.54, 1.807) is 12.1 Å². The van der Waals surface area contributed by atoms with Crippen LogP contribution in [0.3, 0.4) is 0 Å². The van der Waals surface area contributed by atoms with E-state index in [0.717, 1.165) is 31.5 Å². The minimum atomic E-state index is -2.81. The molecule has 1 aliphatic heterocycles. The number of nitrogens with zero attached hydrogens (tertiary/aromatic N) is 1. The number of rotatable bonds is 7. The van der Waals surface area contributed by atoms with Gasteiger partial charge in [-0.15, -0.1) is 0 Å². The first kappa shape index (κ1) is 18.4. The molecule has 2 rings (SSSR count). The number of hydrogen-bond donors (Lipinski definition) is 2. The number of hydrogen-bond acceptors (Lipinski definition) is 3. The van der Waals surface area contributed by atoms with Crippen molar-refractivity contribution in [3.05, 3.63) is 29.8 Å². The average Bonchev–Trinajstić information content (AvgIpc) is 2.55. The number of likely N-dealkylation sites (tertiary alicyclic amines) is 1. The van der Waals surface area contributed by atoms with E-state index in [2.05, 4.69) is 27.3 Å². The molecule has 7 heteroatoms. The Morgan fingerprint density at radius 3 is 2.54 bits per heavy atom. The second kappa shape index (κ2) is 9.42. The van der Waals surface area contributed by atoms with Crippen molar-refractivity contribution in [2.45, 2.75) is 25.9 Å². The minimum Gasteiger partial charge on any atom is -0.435 e. The molecule has 2 N–H and O–H groups in total. The largest absolute Gasteiger partial charge is 0.435 e. The molecule has 2 amide bonds.